The van der Waals surface area contributed by atoms with Gasteiger partial charge in [-0.1, -0.05) is 41.4 Å². The zero-order valence-corrected chi connectivity index (χ0v) is 16.8. The Kier molecular flexibility index (Phi) is 5.15. The van der Waals surface area contributed by atoms with Crippen LogP contribution in [0.3, 0.4) is 0 Å². The topological polar surface area (TPSA) is 49.9 Å². The first kappa shape index (κ1) is 19.0. The number of ether oxygens (including phenoxy) is 1. The predicted octanol–water partition coefficient (Wildman–Crippen LogP) is 3.92. The quantitative estimate of drug-likeness (QED) is 0.711. The average molecular weight is 417 g/mol. The summed E-state index contributed by atoms with van der Waals surface area (Å²) in [6, 6.07) is 12.2. The Morgan fingerprint density at radius 2 is 1.61 bits per heavy atom. The van der Waals surface area contributed by atoms with Crippen molar-refractivity contribution in [1.29, 1.82) is 0 Å². The number of carbonyl (C=O) groups is 2. The molecule has 0 bridgehead atoms. The summed E-state index contributed by atoms with van der Waals surface area (Å²) in [6.45, 7) is 3.92. The van der Waals surface area contributed by atoms with Gasteiger partial charge < -0.3 is 9.64 Å². The van der Waals surface area contributed by atoms with Gasteiger partial charge in [-0.15, -0.1) is 0 Å². The van der Waals surface area contributed by atoms with Gasteiger partial charge in [-0.25, -0.2) is 4.90 Å². The second kappa shape index (κ2) is 7.59. The average Bonchev–Trinajstić information content (AvgIpc) is 2.96. The van der Waals surface area contributed by atoms with Crippen LogP contribution in [-0.2, 0) is 14.3 Å². The van der Waals surface area contributed by atoms with Gasteiger partial charge >= 0.3 is 0 Å². The Hall–Kier alpha value is -2.34. The number of halogens is 2. The maximum atomic E-state index is 13.4. The maximum Gasteiger partial charge on any atom is 0.282 e. The van der Waals surface area contributed by atoms with E-state index in [2.05, 4.69) is 0 Å². The molecule has 0 spiro atoms. The van der Waals surface area contributed by atoms with E-state index in [1.807, 2.05) is 4.90 Å². The number of hydrogen-bond acceptors (Lipinski definition) is 4. The highest BCUT2D eigenvalue weighted by molar-refractivity contribution is 6.46. The summed E-state index contributed by atoms with van der Waals surface area (Å²) < 4.78 is 5.42. The summed E-state index contributed by atoms with van der Waals surface area (Å²) in [5.41, 5.74) is 2.62. The Morgan fingerprint density at radius 1 is 0.929 bits per heavy atom. The standard InChI is InChI=1S/C21H18Cl2N2O3/c1-13-16(23)3-2-4-17(13)25-20(26)18(14-5-7-15(22)8-6-14)19(21(25)27)24-9-11-28-12-10-24/h2-8H,9-12H2,1H3. The SMILES string of the molecule is Cc1c(Cl)cccc1N1C(=O)C(c2ccc(Cl)cc2)=C(N2CCOCC2)C1=O. The van der Waals surface area contributed by atoms with Crippen LogP contribution in [-0.4, -0.2) is 43.0 Å². The molecule has 28 heavy (non-hydrogen) atoms. The molecule has 0 unspecified atom stereocenters. The van der Waals surface area contributed by atoms with E-state index in [9.17, 15) is 9.59 Å². The van der Waals surface area contributed by atoms with E-state index in [-0.39, 0.29) is 11.8 Å². The van der Waals surface area contributed by atoms with E-state index < -0.39 is 0 Å². The lowest BCUT2D eigenvalue weighted by Gasteiger charge is -2.29. The van der Waals surface area contributed by atoms with Crippen LogP contribution in [0, 0.1) is 6.92 Å². The summed E-state index contributed by atoms with van der Waals surface area (Å²) in [5.74, 6) is -0.707. The van der Waals surface area contributed by atoms with Crippen LogP contribution in [0.4, 0.5) is 5.69 Å². The Balaban J connectivity index is 1.85. The molecule has 0 N–H and O–H groups in total. The number of rotatable bonds is 3. The van der Waals surface area contributed by atoms with Crippen LogP contribution >= 0.6 is 23.2 Å². The van der Waals surface area contributed by atoms with Gasteiger partial charge in [0.05, 0.1) is 24.5 Å². The zero-order valence-electron chi connectivity index (χ0n) is 15.2. The third kappa shape index (κ3) is 3.20. The molecule has 2 aliphatic rings. The molecule has 0 atom stereocenters. The number of hydrogen-bond donors (Lipinski definition) is 0. The molecule has 0 aromatic heterocycles. The minimum atomic E-state index is -0.362. The van der Waals surface area contributed by atoms with Crippen LogP contribution in [0.5, 0.6) is 0 Å². The highest BCUT2D eigenvalue weighted by Gasteiger charge is 2.43. The lowest BCUT2D eigenvalue weighted by molar-refractivity contribution is -0.121. The Morgan fingerprint density at radius 3 is 2.29 bits per heavy atom. The highest BCUT2D eigenvalue weighted by Crippen LogP contribution is 2.37. The van der Waals surface area contributed by atoms with Crippen LogP contribution in [0.15, 0.2) is 48.2 Å². The number of benzene rings is 2. The number of carbonyl (C=O) groups excluding carboxylic acids is 2. The Labute approximate surface area is 173 Å². The molecular formula is C21H18Cl2N2O3. The summed E-state index contributed by atoms with van der Waals surface area (Å²) >= 11 is 12.3. The molecule has 1 saturated heterocycles. The van der Waals surface area contributed by atoms with Crippen molar-refractivity contribution in [2.45, 2.75) is 6.92 Å². The molecule has 2 aromatic rings. The van der Waals surface area contributed by atoms with Gasteiger partial charge in [-0.2, -0.15) is 0 Å². The second-order valence-corrected chi connectivity index (χ2v) is 7.50. The van der Waals surface area contributed by atoms with Gasteiger partial charge in [0.25, 0.3) is 11.8 Å². The van der Waals surface area contributed by atoms with Gasteiger partial charge in [-0.3, -0.25) is 9.59 Å². The molecule has 2 heterocycles. The Bertz CT molecular complexity index is 980. The summed E-state index contributed by atoms with van der Waals surface area (Å²) in [6.07, 6.45) is 0. The fourth-order valence-electron chi connectivity index (χ4n) is 3.53. The first-order valence-electron chi connectivity index (χ1n) is 8.96. The molecule has 0 aliphatic carbocycles. The van der Waals surface area contributed by atoms with Gasteiger partial charge in [0.15, 0.2) is 0 Å². The number of imide groups is 1. The number of nitrogens with zero attached hydrogens (tertiary/aromatic N) is 2. The molecule has 5 nitrogen and oxygen atoms in total. The van der Waals surface area contributed by atoms with Gasteiger partial charge in [0, 0.05) is 23.1 Å². The van der Waals surface area contributed by atoms with Crippen LogP contribution in [0.25, 0.3) is 5.57 Å². The van der Waals surface area contributed by atoms with E-state index >= 15 is 0 Å². The normalized spacial score (nSPS) is 17.7. The molecule has 2 aromatic carbocycles. The highest BCUT2D eigenvalue weighted by atomic mass is 35.5. The largest absolute Gasteiger partial charge is 0.378 e. The number of anilines is 1. The number of morpholine rings is 1. The van der Waals surface area contributed by atoms with Crippen molar-refractivity contribution in [3.8, 4) is 0 Å². The summed E-state index contributed by atoms with van der Waals surface area (Å²) in [5, 5.41) is 1.07. The molecule has 0 saturated carbocycles. The first-order chi connectivity index (χ1) is 13.5. The van der Waals surface area contributed by atoms with Crippen LogP contribution < -0.4 is 4.90 Å². The lowest BCUT2D eigenvalue weighted by Crippen LogP contribution is -2.40. The maximum absolute atomic E-state index is 13.4. The molecule has 1 fully saturated rings. The molecule has 7 heteroatoms. The van der Waals surface area contributed by atoms with Crippen molar-refractivity contribution in [3.63, 3.8) is 0 Å². The van der Waals surface area contributed by atoms with Crippen molar-refractivity contribution in [3.05, 3.63) is 69.3 Å². The third-order valence-corrected chi connectivity index (χ3v) is 5.66. The van der Waals surface area contributed by atoms with Crippen LogP contribution in [0.1, 0.15) is 11.1 Å². The van der Waals surface area contributed by atoms with Crippen molar-refractivity contribution in [2.75, 3.05) is 31.2 Å². The first-order valence-corrected chi connectivity index (χ1v) is 9.71. The molecular weight excluding hydrogens is 399 g/mol. The van der Waals surface area contributed by atoms with Crippen molar-refractivity contribution in [1.82, 2.24) is 4.90 Å². The molecule has 2 aliphatic heterocycles. The van der Waals surface area contributed by atoms with Gasteiger partial charge in [-0.05, 0) is 42.3 Å². The van der Waals surface area contributed by atoms with E-state index in [1.54, 1.807) is 49.4 Å². The lowest BCUT2D eigenvalue weighted by atomic mass is 10.0. The monoisotopic (exact) mass is 416 g/mol. The number of amides is 2. The summed E-state index contributed by atoms with van der Waals surface area (Å²) in [7, 11) is 0. The molecule has 2 amide bonds. The second-order valence-electron chi connectivity index (χ2n) is 6.66. The van der Waals surface area contributed by atoms with Crippen molar-refractivity contribution < 1.29 is 14.3 Å². The minimum Gasteiger partial charge on any atom is -0.378 e. The smallest absolute Gasteiger partial charge is 0.282 e. The minimum absolute atomic E-state index is 0.345. The van der Waals surface area contributed by atoms with Crippen LogP contribution in [0.2, 0.25) is 10.0 Å². The van der Waals surface area contributed by atoms with Gasteiger partial charge in [0.2, 0.25) is 0 Å². The van der Waals surface area contributed by atoms with Crippen molar-refractivity contribution >= 4 is 46.3 Å². The zero-order chi connectivity index (χ0) is 19.8. The van der Waals surface area contributed by atoms with E-state index in [0.717, 1.165) is 0 Å². The van der Waals surface area contributed by atoms with E-state index in [0.29, 0.717) is 64.4 Å². The fourth-order valence-corrected chi connectivity index (χ4v) is 3.83. The van der Waals surface area contributed by atoms with Gasteiger partial charge in [0.1, 0.15) is 5.70 Å². The van der Waals surface area contributed by atoms with E-state index in [4.69, 9.17) is 27.9 Å². The summed E-state index contributed by atoms with van der Waals surface area (Å²) in [4.78, 5) is 30.0. The van der Waals surface area contributed by atoms with E-state index in [1.165, 1.54) is 4.90 Å². The molecule has 4 rings (SSSR count). The third-order valence-electron chi connectivity index (χ3n) is 5.00. The molecule has 0 radical (unpaired) electrons. The fraction of sp³-hybridized carbons (Fsp3) is 0.238. The molecule has 144 valence electrons. The predicted molar refractivity (Wildman–Crippen MR) is 109 cm³/mol. The van der Waals surface area contributed by atoms with Crippen molar-refractivity contribution in [2.24, 2.45) is 0 Å².